The molecule has 0 aliphatic carbocycles. The van der Waals surface area contributed by atoms with E-state index in [0.717, 1.165) is 75.5 Å². The molecule has 0 saturated carbocycles. The van der Waals surface area contributed by atoms with Crippen LogP contribution in [0.1, 0.15) is 18.5 Å². The number of ether oxygens (including phenoxy) is 1. The molecule has 7 nitrogen and oxygen atoms in total. The first-order chi connectivity index (χ1) is 18.0. The highest BCUT2D eigenvalue weighted by Crippen LogP contribution is 2.40. The number of likely N-dealkylation sites (tertiary alicyclic amines) is 1. The summed E-state index contributed by atoms with van der Waals surface area (Å²) in [5.74, 6) is 1.39. The fraction of sp³-hybridized carbons (Fsp3) is 0.233. The number of methoxy groups -OCH3 is 1. The highest BCUT2D eigenvalue weighted by molar-refractivity contribution is 5.92. The standard InChI is InChI=1S/C30H29N5O2.ClH/c1-4-35-17-22(18-35)26-11-12-27(32-31-26)23-10-9-19(14-25(23)24-7-5-6-8-28(24)36)20-13-21-16-34(2)33-30(21)29(15-20)37-3;/h5-16,22,36H,4,17-18H2,1-3H3;1H. The molecule has 194 valence electrons. The van der Waals surface area contributed by atoms with Gasteiger partial charge in [0.1, 0.15) is 17.0 Å². The highest BCUT2D eigenvalue weighted by Gasteiger charge is 2.28. The first kappa shape index (κ1) is 25.7. The van der Waals surface area contributed by atoms with E-state index in [9.17, 15) is 5.11 Å². The van der Waals surface area contributed by atoms with Crippen LogP contribution in [-0.2, 0) is 7.05 Å². The van der Waals surface area contributed by atoms with Crippen LogP contribution >= 0.6 is 12.4 Å². The monoisotopic (exact) mass is 527 g/mol. The minimum absolute atomic E-state index is 0. The van der Waals surface area contributed by atoms with Gasteiger partial charge in [0.25, 0.3) is 0 Å². The molecule has 1 aliphatic rings. The van der Waals surface area contributed by atoms with Gasteiger partial charge in [0.15, 0.2) is 0 Å². The maximum absolute atomic E-state index is 10.8. The summed E-state index contributed by atoms with van der Waals surface area (Å²) in [6, 6.07) is 21.9. The summed E-state index contributed by atoms with van der Waals surface area (Å²) in [4.78, 5) is 2.40. The van der Waals surface area contributed by atoms with Crippen LogP contribution in [-0.4, -0.2) is 56.7 Å². The van der Waals surface area contributed by atoms with E-state index in [1.807, 2.05) is 43.6 Å². The number of phenols is 1. The maximum atomic E-state index is 10.8. The molecule has 0 unspecified atom stereocenters. The summed E-state index contributed by atoms with van der Waals surface area (Å²) in [5, 5.41) is 25.5. The van der Waals surface area contributed by atoms with Gasteiger partial charge in [-0.15, -0.1) is 12.4 Å². The predicted molar refractivity (Wildman–Crippen MR) is 153 cm³/mol. The van der Waals surface area contributed by atoms with E-state index in [2.05, 4.69) is 57.5 Å². The van der Waals surface area contributed by atoms with Crippen molar-refractivity contribution in [2.75, 3.05) is 26.7 Å². The number of nitrogens with zero attached hydrogens (tertiary/aromatic N) is 5. The Morgan fingerprint density at radius 2 is 1.74 bits per heavy atom. The molecule has 0 radical (unpaired) electrons. The van der Waals surface area contributed by atoms with Crippen molar-refractivity contribution in [1.29, 1.82) is 0 Å². The van der Waals surface area contributed by atoms with Gasteiger partial charge in [-0.1, -0.05) is 37.3 Å². The first-order valence-corrected chi connectivity index (χ1v) is 12.5. The van der Waals surface area contributed by atoms with E-state index in [0.29, 0.717) is 5.92 Å². The van der Waals surface area contributed by atoms with E-state index in [1.165, 1.54) is 0 Å². The Hall–Kier alpha value is -3.94. The number of aryl methyl sites for hydroxylation is 1. The third kappa shape index (κ3) is 4.59. The van der Waals surface area contributed by atoms with Crippen LogP contribution in [0, 0.1) is 0 Å². The fourth-order valence-electron chi connectivity index (χ4n) is 5.14. The molecule has 0 spiro atoms. The van der Waals surface area contributed by atoms with Crippen molar-refractivity contribution >= 4 is 23.3 Å². The lowest BCUT2D eigenvalue weighted by molar-refractivity contribution is 0.154. The number of benzene rings is 3. The molecule has 5 aromatic rings. The van der Waals surface area contributed by atoms with Gasteiger partial charge in [-0.05, 0) is 59.6 Å². The number of aromatic nitrogens is 4. The van der Waals surface area contributed by atoms with Crippen LogP contribution in [0.25, 0.3) is 44.4 Å². The van der Waals surface area contributed by atoms with Crippen molar-refractivity contribution < 1.29 is 9.84 Å². The molecule has 8 heteroatoms. The molecule has 1 N–H and O–H groups in total. The summed E-state index contributed by atoms with van der Waals surface area (Å²) < 4.78 is 7.44. The molecule has 0 amide bonds. The number of hydrogen-bond donors (Lipinski definition) is 1. The van der Waals surface area contributed by atoms with E-state index in [-0.39, 0.29) is 18.2 Å². The van der Waals surface area contributed by atoms with E-state index < -0.39 is 0 Å². The van der Waals surface area contributed by atoms with Gasteiger partial charge >= 0.3 is 0 Å². The summed E-state index contributed by atoms with van der Waals surface area (Å²) in [6.45, 7) is 5.32. The zero-order valence-corrected chi connectivity index (χ0v) is 22.4. The fourth-order valence-corrected chi connectivity index (χ4v) is 5.14. The molecule has 38 heavy (non-hydrogen) atoms. The van der Waals surface area contributed by atoms with Crippen LogP contribution < -0.4 is 4.74 Å². The molecule has 2 aromatic heterocycles. The zero-order valence-electron chi connectivity index (χ0n) is 21.6. The van der Waals surface area contributed by atoms with Gasteiger partial charge in [0, 0.05) is 48.8 Å². The van der Waals surface area contributed by atoms with Gasteiger partial charge < -0.3 is 14.7 Å². The molecule has 1 saturated heterocycles. The Bertz CT molecular complexity index is 1590. The second-order valence-electron chi connectivity index (χ2n) is 9.59. The number of halogens is 1. The second kappa shape index (κ2) is 10.4. The first-order valence-electron chi connectivity index (χ1n) is 12.5. The number of fused-ring (bicyclic) bond motifs is 1. The smallest absolute Gasteiger partial charge is 0.147 e. The molecule has 1 fully saturated rings. The second-order valence-corrected chi connectivity index (χ2v) is 9.59. The number of likely N-dealkylation sites (N-methyl/N-ethyl adjacent to an activating group) is 1. The van der Waals surface area contributed by atoms with Crippen molar-refractivity contribution in [1.82, 2.24) is 24.9 Å². The third-order valence-corrected chi connectivity index (χ3v) is 7.24. The van der Waals surface area contributed by atoms with Crippen LogP contribution in [0.2, 0.25) is 0 Å². The van der Waals surface area contributed by atoms with Crippen molar-refractivity contribution in [2.24, 2.45) is 7.05 Å². The molecule has 1 aliphatic heterocycles. The normalized spacial score (nSPS) is 13.8. The summed E-state index contributed by atoms with van der Waals surface area (Å²) in [6.07, 6.45) is 1.98. The van der Waals surface area contributed by atoms with Crippen LogP contribution in [0.3, 0.4) is 0 Å². The quantitative estimate of drug-likeness (QED) is 0.295. The summed E-state index contributed by atoms with van der Waals surface area (Å²) >= 11 is 0. The van der Waals surface area contributed by atoms with Gasteiger partial charge in [-0.3, -0.25) is 4.68 Å². The molecule has 3 heterocycles. The average molecular weight is 528 g/mol. The maximum Gasteiger partial charge on any atom is 0.147 e. The van der Waals surface area contributed by atoms with Gasteiger partial charge in [-0.2, -0.15) is 15.3 Å². The number of aromatic hydroxyl groups is 1. The van der Waals surface area contributed by atoms with Crippen molar-refractivity contribution in [2.45, 2.75) is 12.8 Å². The van der Waals surface area contributed by atoms with Crippen LogP contribution in [0.4, 0.5) is 0 Å². The lowest BCUT2D eigenvalue weighted by Crippen LogP contribution is -2.44. The molecule has 0 atom stereocenters. The van der Waals surface area contributed by atoms with E-state index >= 15 is 0 Å². The molecular formula is C30H30ClN5O2. The minimum Gasteiger partial charge on any atom is -0.507 e. The zero-order chi connectivity index (χ0) is 25.5. The SMILES string of the molecule is CCN1CC(c2ccc(-c3ccc(-c4cc(OC)c5nn(C)cc5c4)cc3-c3ccccc3O)nn2)C1.Cl. The Kier molecular flexibility index (Phi) is 7.06. The van der Waals surface area contributed by atoms with Crippen LogP contribution in [0.15, 0.2) is 72.9 Å². The topological polar surface area (TPSA) is 76.3 Å². The lowest BCUT2D eigenvalue weighted by Gasteiger charge is -2.37. The van der Waals surface area contributed by atoms with Gasteiger partial charge in [0.05, 0.1) is 18.5 Å². The molecule has 0 bridgehead atoms. The van der Waals surface area contributed by atoms with Crippen LogP contribution in [0.5, 0.6) is 11.5 Å². The number of para-hydroxylation sites is 1. The van der Waals surface area contributed by atoms with Crippen molar-refractivity contribution in [3.8, 4) is 45.0 Å². The third-order valence-electron chi connectivity index (χ3n) is 7.24. The van der Waals surface area contributed by atoms with Crippen molar-refractivity contribution in [3.05, 3.63) is 78.6 Å². The summed E-state index contributed by atoms with van der Waals surface area (Å²) in [7, 11) is 3.57. The number of hydrogen-bond acceptors (Lipinski definition) is 6. The van der Waals surface area contributed by atoms with E-state index in [4.69, 9.17) is 4.74 Å². The largest absolute Gasteiger partial charge is 0.507 e. The molecule has 3 aromatic carbocycles. The van der Waals surface area contributed by atoms with Gasteiger partial charge in [0.2, 0.25) is 0 Å². The predicted octanol–water partition coefficient (Wildman–Crippen LogP) is 5.92. The van der Waals surface area contributed by atoms with Crippen molar-refractivity contribution in [3.63, 3.8) is 0 Å². The molecular weight excluding hydrogens is 498 g/mol. The minimum atomic E-state index is 0. The Labute approximate surface area is 228 Å². The molecule has 6 rings (SSSR count). The van der Waals surface area contributed by atoms with E-state index in [1.54, 1.807) is 17.9 Å². The Morgan fingerprint density at radius 3 is 2.45 bits per heavy atom. The number of phenolic OH excluding ortho intramolecular Hbond substituents is 1. The van der Waals surface area contributed by atoms with Gasteiger partial charge in [-0.25, -0.2) is 0 Å². The number of rotatable bonds is 6. The Morgan fingerprint density at radius 1 is 0.921 bits per heavy atom. The Balaban J connectivity index is 0.00000294. The summed E-state index contributed by atoms with van der Waals surface area (Å²) in [5.41, 5.74) is 7.21. The highest BCUT2D eigenvalue weighted by atomic mass is 35.5. The lowest BCUT2D eigenvalue weighted by atomic mass is 9.91. The average Bonchev–Trinajstić information content (AvgIpc) is 3.28.